The fourth-order valence-corrected chi connectivity index (χ4v) is 8.79. The molecule has 1 spiro atoms. The lowest BCUT2D eigenvalue weighted by atomic mass is 9.48. The van der Waals surface area contributed by atoms with Crippen LogP contribution in [0.3, 0.4) is 0 Å². The molecule has 0 aromatic carbocycles. The minimum atomic E-state index is -0.586. The first-order chi connectivity index (χ1) is 13.4. The third-order valence-electron chi connectivity index (χ3n) is 9.92. The number of hydrogen-bond acceptors (Lipinski definition) is 4. The summed E-state index contributed by atoms with van der Waals surface area (Å²) in [4.78, 5) is 0. The molecule has 4 nitrogen and oxygen atoms in total. The van der Waals surface area contributed by atoms with Gasteiger partial charge in [0.05, 0.1) is 11.7 Å². The van der Waals surface area contributed by atoms with E-state index in [4.69, 9.17) is 4.74 Å². The molecule has 0 bridgehead atoms. The zero-order valence-corrected chi connectivity index (χ0v) is 17.5. The lowest BCUT2D eigenvalue weighted by Gasteiger charge is -2.58. The highest BCUT2D eigenvalue weighted by atomic mass is 16.6. The summed E-state index contributed by atoms with van der Waals surface area (Å²) in [5, 5.41) is 30.6. The van der Waals surface area contributed by atoms with E-state index in [0.29, 0.717) is 29.6 Å². The van der Waals surface area contributed by atoms with Gasteiger partial charge in [-0.05, 0) is 74.5 Å². The van der Waals surface area contributed by atoms with Crippen LogP contribution in [0.1, 0.15) is 71.6 Å². The molecule has 0 aromatic heterocycles. The van der Waals surface area contributed by atoms with Gasteiger partial charge in [-0.2, -0.15) is 0 Å². The number of hydrogen-bond donors (Lipinski definition) is 3. The molecule has 158 valence electrons. The third kappa shape index (κ3) is 2.57. The first kappa shape index (κ1) is 19.5. The van der Waals surface area contributed by atoms with E-state index in [0.717, 1.165) is 38.5 Å². The molecule has 4 aliphatic carbocycles. The van der Waals surface area contributed by atoms with Crippen molar-refractivity contribution in [2.45, 2.75) is 89.6 Å². The zero-order chi connectivity index (χ0) is 19.7. The lowest BCUT2D eigenvalue weighted by Crippen LogP contribution is -2.54. The summed E-state index contributed by atoms with van der Waals surface area (Å²) in [7, 11) is 0. The Morgan fingerprint density at radius 3 is 2.61 bits per heavy atom. The Labute approximate surface area is 169 Å². The number of ether oxygens (including phenoxy) is 1. The van der Waals surface area contributed by atoms with Crippen molar-refractivity contribution in [1.29, 1.82) is 0 Å². The van der Waals surface area contributed by atoms with Gasteiger partial charge in [0.15, 0.2) is 6.29 Å². The minimum absolute atomic E-state index is 0.141. The highest BCUT2D eigenvalue weighted by Crippen LogP contribution is 2.70. The summed E-state index contributed by atoms with van der Waals surface area (Å²) >= 11 is 0. The van der Waals surface area contributed by atoms with Gasteiger partial charge in [-0.25, -0.2) is 0 Å². The summed E-state index contributed by atoms with van der Waals surface area (Å²) in [6.07, 6.45) is 10.7. The number of aliphatic hydroxyl groups is 3. The first-order valence-electron chi connectivity index (χ1n) is 11.8. The molecule has 5 aliphatic rings. The van der Waals surface area contributed by atoms with Crippen LogP contribution in [0.2, 0.25) is 0 Å². The van der Waals surface area contributed by atoms with Crippen LogP contribution in [0, 0.1) is 40.9 Å². The standard InChI is InChI=1S/C24H38O4/c1-3-14-12-24(9-7-21(27)28-24)23(2)8-6-18-17-5-4-16(26)11-19(17)15(13-25)10-20(18)22(14)23/h11,14-18,20-22,25-27H,3-10,12-13H2,1-2H3/t14?,15-,16?,17?,18?,20?,21?,22?,23?,24?/m0/s1. The topological polar surface area (TPSA) is 69.9 Å². The molecule has 28 heavy (non-hydrogen) atoms. The van der Waals surface area contributed by atoms with Gasteiger partial charge < -0.3 is 20.1 Å². The van der Waals surface area contributed by atoms with E-state index >= 15 is 0 Å². The molecule has 4 fully saturated rings. The van der Waals surface area contributed by atoms with Crippen LogP contribution in [-0.4, -0.2) is 39.9 Å². The van der Waals surface area contributed by atoms with Gasteiger partial charge in [0, 0.05) is 24.4 Å². The molecule has 0 radical (unpaired) electrons. The monoisotopic (exact) mass is 390 g/mol. The van der Waals surface area contributed by atoms with Crippen molar-refractivity contribution in [3.05, 3.63) is 11.6 Å². The molecule has 1 saturated heterocycles. The van der Waals surface area contributed by atoms with Gasteiger partial charge in [-0.15, -0.1) is 0 Å². The van der Waals surface area contributed by atoms with Crippen LogP contribution < -0.4 is 0 Å². The first-order valence-corrected chi connectivity index (χ1v) is 11.8. The maximum absolute atomic E-state index is 10.2. The van der Waals surface area contributed by atoms with Gasteiger partial charge in [0.1, 0.15) is 0 Å². The Morgan fingerprint density at radius 1 is 1.11 bits per heavy atom. The summed E-state index contributed by atoms with van der Waals surface area (Å²) in [6, 6.07) is 0. The van der Waals surface area contributed by atoms with Gasteiger partial charge >= 0.3 is 0 Å². The molecular formula is C24H38O4. The van der Waals surface area contributed by atoms with Crippen molar-refractivity contribution in [1.82, 2.24) is 0 Å². The summed E-state index contributed by atoms with van der Waals surface area (Å²) in [5.41, 5.74) is 1.36. The third-order valence-corrected chi connectivity index (χ3v) is 9.92. The Balaban J connectivity index is 1.52. The van der Waals surface area contributed by atoms with Crippen molar-refractivity contribution in [3.63, 3.8) is 0 Å². The fraction of sp³-hybridized carbons (Fsp3) is 0.917. The molecule has 0 amide bonds. The lowest BCUT2D eigenvalue weighted by molar-refractivity contribution is -0.194. The van der Waals surface area contributed by atoms with E-state index in [9.17, 15) is 15.3 Å². The van der Waals surface area contributed by atoms with Gasteiger partial charge in [0.25, 0.3) is 0 Å². The summed E-state index contributed by atoms with van der Waals surface area (Å²) < 4.78 is 6.33. The van der Waals surface area contributed by atoms with E-state index in [1.54, 1.807) is 0 Å². The van der Waals surface area contributed by atoms with E-state index in [-0.39, 0.29) is 29.6 Å². The van der Waals surface area contributed by atoms with E-state index in [1.807, 2.05) is 0 Å². The predicted molar refractivity (Wildman–Crippen MR) is 107 cm³/mol. The Hall–Kier alpha value is -0.420. The molecule has 1 heterocycles. The summed E-state index contributed by atoms with van der Waals surface area (Å²) in [6.45, 7) is 5.00. The summed E-state index contributed by atoms with van der Waals surface area (Å²) in [5.74, 6) is 3.38. The van der Waals surface area contributed by atoms with Crippen LogP contribution in [0.5, 0.6) is 0 Å². The van der Waals surface area contributed by atoms with Gasteiger partial charge in [-0.3, -0.25) is 0 Å². The molecule has 1 aliphatic heterocycles. The molecule has 4 heteroatoms. The molecule has 3 N–H and O–H groups in total. The molecule has 9 unspecified atom stereocenters. The largest absolute Gasteiger partial charge is 0.396 e. The smallest absolute Gasteiger partial charge is 0.155 e. The minimum Gasteiger partial charge on any atom is -0.396 e. The van der Waals surface area contributed by atoms with Crippen LogP contribution in [0.15, 0.2) is 11.6 Å². The second-order valence-corrected chi connectivity index (χ2v) is 10.8. The highest BCUT2D eigenvalue weighted by Gasteiger charge is 2.68. The number of rotatable bonds is 2. The van der Waals surface area contributed by atoms with E-state index in [1.165, 1.54) is 24.8 Å². The van der Waals surface area contributed by atoms with Crippen LogP contribution >= 0.6 is 0 Å². The zero-order valence-electron chi connectivity index (χ0n) is 17.5. The highest BCUT2D eigenvalue weighted by molar-refractivity contribution is 5.25. The van der Waals surface area contributed by atoms with Crippen LogP contribution in [-0.2, 0) is 4.74 Å². The molecule has 5 rings (SSSR count). The van der Waals surface area contributed by atoms with Gasteiger partial charge in [0.2, 0.25) is 0 Å². The fourth-order valence-electron chi connectivity index (χ4n) is 8.79. The Bertz CT molecular complexity index is 647. The molecule has 0 aromatic rings. The van der Waals surface area contributed by atoms with Crippen molar-refractivity contribution >= 4 is 0 Å². The van der Waals surface area contributed by atoms with Crippen molar-refractivity contribution < 1.29 is 20.1 Å². The second kappa shape index (κ2) is 6.80. The maximum atomic E-state index is 10.2. The van der Waals surface area contributed by atoms with Crippen molar-refractivity contribution in [2.75, 3.05) is 6.61 Å². The number of fused-ring (bicyclic) bond motifs is 6. The average molecular weight is 391 g/mol. The predicted octanol–water partition coefficient (Wildman–Crippen LogP) is 3.64. The SMILES string of the molecule is CCC1CC2(CCC(O)O2)C2(C)CCC3C4CCC(O)C=C4[C@H](CO)CC3C12. The average Bonchev–Trinajstić information content (AvgIpc) is 3.18. The molecular weight excluding hydrogens is 352 g/mol. The molecule has 10 atom stereocenters. The normalized spacial score (nSPS) is 55.5. The molecule has 3 saturated carbocycles. The van der Waals surface area contributed by atoms with Crippen molar-refractivity contribution in [2.24, 2.45) is 40.9 Å². The second-order valence-electron chi connectivity index (χ2n) is 10.8. The van der Waals surface area contributed by atoms with Crippen LogP contribution in [0.25, 0.3) is 0 Å². The van der Waals surface area contributed by atoms with E-state index < -0.39 is 6.29 Å². The van der Waals surface area contributed by atoms with Crippen molar-refractivity contribution in [3.8, 4) is 0 Å². The Morgan fingerprint density at radius 2 is 1.93 bits per heavy atom. The Kier molecular flexibility index (Phi) is 4.74. The van der Waals surface area contributed by atoms with Crippen LogP contribution in [0.4, 0.5) is 0 Å². The number of aliphatic hydroxyl groups excluding tert-OH is 3. The van der Waals surface area contributed by atoms with Gasteiger partial charge in [-0.1, -0.05) is 31.9 Å². The van der Waals surface area contributed by atoms with E-state index in [2.05, 4.69) is 19.9 Å². The quantitative estimate of drug-likeness (QED) is 0.630. The maximum Gasteiger partial charge on any atom is 0.155 e.